The highest BCUT2D eigenvalue weighted by molar-refractivity contribution is 7.91. The molecule has 8 heteroatoms. The van der Waals surface area contributed by atoms with Gasteiger partial charge in [-0.05, 0) is 13.8 Å². The zero-order chi connectivity index (χ0) is 14.6. The zero-order valence-corrected chi connectivity index (χ0v) is 12.4. The maximum absolute atomic E-state index is 11.8. The van der Waals surface area contributed by atoms with Gasteiger partial charge in [-0.25, -0.2) is 8.42 Å². The highest BCUT2D eigenvalue weighted by Crippen LogP contribution is 2.32. The lowest BCUT2D eigenvalue weighted by Gasteiger charge is -2.21. The van der Waals surface area contributed by atoms with Gasteiger partial charge in [-0.15, -0.1) is 11.6 Å². The number of hydrogen-bond acceptors (Lipinski definition) is 6. The van der Waals surface area contributed by atoms with E-state index in [0.29, 0.717) is 0 Å². The molecule has 1 heterocycles. The number of carbonyl (C=O) groups is 2. The maximum atomic E-state index is 11.8. The first-order valence-corrected chi connectivity index (χ1v) is 8.26. The summed E-state index contributed by atoms with van der Waals surface area (Å²) < 4.78 is 32.7. The third-order valence-corrected chi connectivity index (χ3v) is 5.25. The average Bonchev–Trinajstić information content (AvgIpc) is 2.53. The van der Waals surface area contributed by atoms with Gasteiger partial charge in [0.15, 0.2) is 15.8 Å². The Morgan fingerprint density at radius 3 is 1.95 bits per heavy atom. The lowest BCUT2D eigenvalue weighted by Crippen LogP contribution is -2.38. The van der Waals surface area contributed by atoms with E-state index in [-0.39, 0.29) is 24.7 Å². The van der Waals surface area contributed by atoms with Crippen LogP contribution in [0, 0.1) is 11.8 Å². The molecule has 19 heavy (non-hydrogen) atoms. The molecule has 0 N–H and O–H groups in total. The van der Waals surface area contributed by atoms with Crippen molar-refractivity contribution in [2.24, 2.45) is 11.8 Å². The third kappa shape index (κ3) is 4.07. The standard InChI is InChI=1S/C11H17ClO6S/c1-3-17-10(13)9(11(14)18-4-2)7-5-19(15,16)6-8(7)12/h7-9H,3-6H2,1-2H3/t7-,8-/m0/s1. The second-order valence-electron chi connectivity index (χ2n) is 4.24. The van der Waals surface area contributed by atoms with Crippen LogP contribution in [0.4, 0.5) is 0 Å². The van der Waals surface area contributed by atoms with Crippen LogP contribution in [0.15, 0.2) is 0 Å². The van der Waals surface area contributed by atoms with Crippen molar-refractivity contribution in [1.29, 1.82) is 0 Å². The molecule has 6 nitrogen and oxygen atoms in total. The molecule has 1 aliphatic rings. The highest BCUT2D eigenvalue weighted by atomic mass is 35.5. The number of carbonyl (C=O) groups excluding carboxylic acids is 2. The molecule has 0 unspecified atom stereocenters. The summed E-state index contributed by atoms with van der Waals surface area (Å²) in [6.07, 6.45) is 0. The first-order valence-electron chi connectivity index (χ1n) is 6.00. The van der Waals surface area contributed by atoms with Gasteiger partial charge >= 0.3 is 11.9 Å². The van der Waals surface area contributed by atoms with Gasteiger partial charge in [0.1, 0.15) is 0 Å². The molecule has 1 saturated heterocycles. The van der Waals surface area contributed by atoms with E-state index >= 15 is 0 Å². The number of hydrogen-bond donors (Lipinski definition) is 0. The normalized spacial score (nSPS) is 25.3. The minimum absolute atomic E-state index is 0.0984. The summed E-state index contributed by atoms with van der Waals surface area (Å²) in [5, 5.41) is -0.788. The Bertz CT molecular complexity index is 428. The van der Waals surface area contributed by atoms with Gasteiger partial charge in [-0.1, -0.05) is 0 Å². The Morgan fingerprint density at radius 2 is 1.63 bits per heavy atom. The van der Waals surface area contributed by atoms with Crippen molar-refractivity contribution >= 4 is 33.4 Å². The Morgan fingerprint density at radius 1 is 1.16 bits per heavy atom. The molecular weight excluding hydrogens is 296 g/mol. The predicted octanol–water partition coefficient (Wildman–Crippen LogP) is 0.381. The lowest BCUT2D eigenvalue weighted by molar-refractivity contribution is -0.163. The van der Waals surface area contributed by atoms with Gasteiger partial charge in [0.2, 0.25) is 0 Å². The largest absolute Gasteiger partial charge is 0.465 e. The van der Waals surface area contributed by atoms with Crippen molar-refractivity contribution in [3.63, 3.8) is 0 Å². The molecule has 0 bridgehead atoms. The number of alkyl halides is 1. The van der Waals surface area contributed by atoms with Crippen molar-refractivity contribution in [3.8, 4) is 0 Å². The quantitative estimate of drug-likeness (QED) is 0.414. The highest BCUT2D eigenvalue weighted by Gasteiger charge is 2.48. The summed E-state index contributed by atoms with van der Waals surface area (Å²) in [7, 11) is -3.33. The fourth-order valence-electron chi connectivity index (χ4n) is 2.05. The summed E-state index contributed by atoms with van der Waals surface area (Å²) in [4.78, 5) is 23.7. The van der Waals surface area contributed by atoms with Crippen LogP contribution in [0.25, 0.3) is 0 Å². The summed E-state index contributed by atoms with van der Waals surface area (Å²) in [5.41, 5.74) is 0. The molecule has 0 aliphatic carbocycles. The smallest absolute Gasteiger partial charge is 0.320 e. The van der Waals surface area contributed by atoms with E-state index in [1.807, 2.05) is 0 Å². The first kappa shape index (κ1) is 16.2. The van der Waals surface area contributed by atoms with Gasteiger partial charge < -0.3 is 9.47 Å². The van der Waals surface area contributed by atoms with E-state index in [9.17, 15) is 18.0 Å². The van der Waals surface area contributed by atoms with E-state index in [2.05, 4.69) is 0 Å². The second-order valence-corrected chi connectivity index (χ2v) is 6.95. The molecule has 1 fully saturated rings. The van der Waals surface area contributed by atoms with Gasteiger partial charge in [-0.2, -0.15) is 0 Å². The number of sulfone groups is 1. The second kappa shape index (κ2) is 6.56. The Balaban J connectivity index is 2.97. The monoisotopic (exact) mass is 312 g/mol. The Labute approximate surface area is 117 Å². The van der Waals surface area contributed by atoms with Gasteiger partial charge in [0.05, 0.1) is 30.1 Å². The Hall–Kier alpha value is -0.820. The maximum Gasteiger partial charge on any atom is 0.320 e. The van der Waals surface area contributed by atoms with Gasteiger partial charge in [-0.3, -0.25) is 9.59 Å². The van der Waals surface area contributed by atoms with Crippen molar-refractivity contribution < 1.29 is 27.5 Å². The molecule has 0 aromatic rings. The van der Waals surface area contributed by atoms with Crippen LogP contribution in [0.1, 0.15) is 13.8 Å². The summed E-state index contributed by atoms with van der Waals surface area (Å²) in [6.45, 7) is 3.40. The van der Waals surface area contributed by atoms with Crippen LogP contribution in [-0.2, 0) is 28.9 Å². The minimum atomic E-state index is -3.33. The molecule has 110 valence electrons. The molecule has 2 atom stereocenters. The molecule has 0 aromatic carbocycles. The Kier molecular flexibility index (Phi) is 5.61. The van der Waals surface area contributed by atoms with Crippen molar-refractivity contribution in [1.82, 2.24) is 0 Å². The van der Waals surface area contributed by atoms with Crippen molar-refractivity contribution in [2.45, 2.75) is 19.2 Å². The van der Waals surface area contributed by atoms with E-state index in [0.717, 1.165) is 0 Å². The molecular formula is C11H17ClO6S. The molecule has 1 aliphatic heterocycles. The molecule has 0 spiro atoms. The number of esters is 2. The molecule has 0 saturated carbocycles. The molecule has 0 aromatic heterocycles. The predicted molar refractivity (Wildman–Crippen MR) is 68.5 cm³/mol. The van der Waals surface area contributed by atoms with Crippen LogP contribution < -0.4 is 0 Å². The van der Waals surface area contributed by atoms with E-state index < -0.39 is 39.0 Å². The topological polar surface area (TPSA) is 86.7 Å². The van der Waals surface area contributed by atoms with E-state index in [4.69, 9.17) is 21.1 Å². The van der Waals surface area contributed by atoms with Crippen LogP contribution in [0.5, 0.6) is 0 Å². The zero-order valence-electron chi connectivity index (χ0n) is 10.8. The van der Waals surface area contributed by atoms with Crippen LogP contribution in [0.3, 0.4) is 0 Å². The fraction of sp³-hybridized carbons (Fsp3) is 0.818. The molecule has 0 radical (unpaired) electrons. The fourth-order valence-corrected chi connectivity index (χ4v) is 4.84. The number of ether oxygens (including phenoxy) is 2. The van der Waals surface area contributed by atoms with Crippen LogP contribution >= 0.6 is 11.6 Å². The number of halogens is 1. The SMILES string of the molecule is CCOC(=O)C(C(=O)OCC)[C@H]1CS(=O)(=O)C[C@@H]1Cl. The van der Waals surface area contributed by atoms with Crippen LogP contribution in [0.2, 0.25) is 0 Å². The molecule has 1 rings (SSSR count). The third-order valence-electron chi connectivity index (χ3n) is 2.83. The van der Waals surface area contributed by atoms with E-state index in [1.54, 1.807) is 13.8 Å². The average molecular weight is 313 g/mol. The first-order chi connectivity index (χ1) is 8.82. The number of rotatable bonds is 5. The summed E-state index contributed by atoms with van der Waals surface area (Å²) in [6, 6.07) is 0. The molecule has 0 amide bonds. The van der Waals surface area contributed by atoms with Crippen LogP contribution in [-0.4, -0.2) is 50.5 Å². The van der Waals surface area contributed by atoms with E-state index in [1.165, 1.54) is 0 Å². The van der Waals surface area contributed by atoms with Gasteiger partial charge in [0.25, 0.3) is 0 Å². The van der Waals surface area contributed by atoms with Crippen molar-refractivity contribution in [3.05, 3.63) is 0 Å². The summed E-state index contributed by atoms with van der Waals surface area (Å²) >= 11 is 5.95. The summed E-state index contributed by atoms with van der Waals surface area (Å²) in [5.74, 6) is -4.19. The minimum Gasteiger partial charge on any atom is -0.465 e. The van der Waals surface area contributed by atoms with Crippen molar-refractivity contribution in [2.75, 3.05) is 24.7 Å². The van der Waals surface area contributed by atoms with Gasteiger partial charge in [0, 0.05) is 5.92 Å². The lowest BCUT2D eigenvalue weighted by atomic mass is 9.91.